The summed E-state index contributed by atoms with van der Waals surface area (Å²) in [5.41, 5.74) is 6.84. The summed E-state index contributed by atoms with van der Waals surface area (Å²) in [5, 5.41) is 0. The van der Waals surface area contributed by atoms with E-state index in [9.17, 15) is 0 Å². The Labute approximate surface area is 93.6 Å². The Morgan fingerprint density at radius 3 is 2.13 bits per heavy atom. The van der Waals surface area contributed by atoms with Crippen molar-refractivity contribution in [2.24, 2.45) is 5.73 Å². The molecule has 0 aliphatic heterocycles. The van der Waals surface area contributed by atoms with Crippen molar-refractivity contribution in [3.63, 3.8) is 0 Å². The maximum atomic E-state index is 6.11. The van der Waals surface area contributed by atoms with E-state index < -0.39 is 8.32 Å². The molecule has 1 rings (SSSR count). The van der Waals surface area contributed by atoms with Crippen LogP contribution in [0.25, 0.3) is 0 Å². The van der Waals surface area contributed by atoms with E-state index >= 15 is 0 Å². The first kappa shape index (κ1) is 12.3. The van der Waals surface area contributed by atoms with Crippen LogP contribution < -0.4 is 10.2 Å². The van der Waals surface area contributed by atoms with Gasteiger partial charge in [-0.25, -0.2) is 0 Å². The second-order valence-corrected chi connectivity index (χ2v) is 9.86. The fourth-order valence-electron chi connectivity index (χ4n) is 1.42. The zero-order valence-electron chi connectivity index (χ0n) is 10.3. The van der Waals surface area contributed by atoms with Gasteiger partial charge in [0.25, 0.3) is 0 Å². The highest BCUT2D eigenvalue weighted by Gasteiger charge is 2.23. The van der Waals surface area contributed by atoms with Crippen molar-refractivity contribution in [1.29, 1.82) is 0 Å². The van der Waals surface area contributed by atoms with Gasteiger partial charge in [0.15, 0.2) is 0 Å². The van der Waals surface area contributed by atoms with Gasteiger partial charge in [-0.2, -0.15) is 0 Å². The quantitative estimate of drug-likeness (QED) is 0.799. The van der Waals surface area contributed by atoms with Crippen LogP contribution in [0.3, 0.4) is 0 Å². The largest absolute Gasteiger partial charge is 0.544 e. The maximum absolute atomic E-state index is 6.11. The van der Waals surface area contributed by atoms with Gasteiger partial charge in [0.1, 0.15) is 5.75 Å². The predicted octanol–water partition coefficient (Wildman–Crippen LogP) is 3.09. The fourth-order valence-corrected chi connectivity index (χ4v) is 2.26. The van der Waals surface area contributed by atoms with Crippen molar-refractivity contribution in [1.82, 2.24) is 0 Å². The van der Waals surface area contributed by atoms with Gasteiger partial charge in [-0.1, -0.05) is 18.2 Å². The molecule has 15 heavy (non-hydrogen) atoms. The van der Waals surface area contributed by atoms with Crippen molar-refractivity contribution in [3.8, 4) is 5.75 Å². The minimum absolute atomic E-state index is 0.351. The molecule has 0 fully saturated rings. The second-order valence-electron chi connectivity index (χ2n) is 5.43. The molecular formula is C12H21NOSi. The summed E-state index contributed by atoms with van der Waals surface area (Å²) >= 11 is 0. The highest BCUT2D eigenvalue weighted by Crippen LogP contribution is 2.29. The van der Waals surface area contributed by atoms with Gasteiger partial charge in [0, 0.05) is 11.1 Å². The van der Waals surface area contributed by atoms with Gasteiger partial charge in [0.2, 0.25) is 8.32 Å². The average Bonchev–Trinajstić information content (AvgIpc) is 1.99. The van der Waals surface area contributed by atoms with E-state index in [1.807, 2.05) is 38.1 Å². The Bertz CT molecular complexity index is 336. The molecule has 0 unspecified atom stereocenters. The average molecular weight is 223 g/mol. The summed E-state index contributed by atoms with van der Waals surface area (Å²) in [6, 6.07) is 8.03. The fraction of sp³-hybridized carbons (Fsp3) is 0.500. The summed E-state index contributed by atoms with van der Waals surface area (Å²) in [4.78, 5) is 0. The standard InChI is InChI=1S/C12H21NOSi/c1-12(2,13)10-8-6-7-9-11(10)14-15(3,4)5/h6-9H,13H2,1-5H3. The molecule has 0 bridgehead atoms. The minimum atomic E-state index is -1.56. The van der Waals surface area contributed by atoms with Crippen LogP contribution in [0.2, 0.25) is 19.6 Å². The smallest absolute Gasteiger partial charge is 0.242 e. The monoisotopic (exact) mass is 223 g/mol. The lowest BCUT2D eigenvalue weighted by Crippen LogP contribution is -2.34. The molecule has 0 atom stereocenters. The minimum Gasteiger partial charge on any atom is -0.544 e. The third kappa shape index (κ3) is 3.68. The molecule has 0 aromatic heterocycles. The highest BCUT2D eigenvalue weighted by molar-refractivity contribution is 6.70. The van der Waals surface area contributed by atoms with Crippen LogP contribution in [0, 0.1) is 0 Å². The predicted molar refractivity (Wildman–Crippen MR) is 67.6 cm³/mol. The summed E-state index contributed by atoms with van der Waals surface area (Å²) in [6.07, 6.45) is 0. The van der Waals surface area contributed by atoms with Gasteiger partial charge >= 0.3 is 0 Å². The zero-order chi connectivity index (χ0) is 11.7. The zero-order valence-corrected chi connectivity index (χ0v) is 11.3. The van der Waals surface area contributed by atoms with E-state index in [1.54, 1.807) is 0 Å². The molecule has 0 heterocycles. The molecule has 2 N–H and O–H groups in total. The normalized spacial score (nSPS) is 12.7. The number of rotatable bonds is 3. The SMILES string of the molecule is CC(C)(N)c1ccccc1O[Si](C)(C)C. The Kier molecular flexibility index (Phi) is 3.26. The van der Waals surface area contributed by atoms with Crippen molar-refractivity contribution < 1.29 is 4.43 Å². The van der Waals surface area contributed by atoms with Gasteiger partial charge in [-0.15, -0.1) is 0 Å². The van der Waals surface area contributed by atoms with E-state index in [-0.39, 0.29) is 5.54 Å². The molecule has 0 amide bonds. The molecule has 0 radical (unpaired) electrons. The molecule has 0 aliphatic carbocycles. The van der Waals surface area contributed by atoms with E-state index in [0.717, 1.165) is 11.3 Å². The molecule has 0 spiro atoms. The van der Waals surface area contributed by atoms with E-state index in [2.05, 4.69) is 19.6 Å². The second kappa shape index (κ2) is 3.98. The van der Waals surface area contributed by atoms with E-state index in [0.29, 0.717) is 0 Å². The maximum Gasteiger partial charge on any atom is 0.242 e. The molecule has 3 heteroatoms. The number of nitrogens with two attached hydrogens (primary N) is 1. The van der Waals surface area contributed by atoms with Crippen LogP contribution in [0.15, 0.2) is 24.3 Å². The van der Waals surface area contributed by atoms with Gasteiger partial charge < -0.3 is 10.2 Å². The molecule has 1 aromatic rings. The number of hydrogen-bond donors (Lipinski definition) is 1. The summed E-state index contributed by atoms with van der Waals surface area (Å²) < 4.78 is 6.02. The molecule has 1 aromatic carbocycles. The van der Waals surface area contributed by atoms with Crippen molar-refractivity contribution in [3.05, 3.63) is 29.8 Å². The summed E-state index contributed by atoms with van der Waals surface area (Å²) in [6.45, 7) is 10.5. The molecule has 0 saturated heterocycles. The van der Waals surface area contributed by atoms with Crippen LogP contribution in [-0.2, 0) is 5.54 Å². The molecular weight excluding hydrogens is 202 g/mol. The Hall–Kier alpha value is -0.803. The van der Waals surface area contributed by atoms with Crippen LogP contribution in [-0.4, -0.2) is 8.32 Å². The summed E-state index contributed by atoms with van der Waals surface area (Å²) in [7, 11) is -1.56. The lowest BCUT2D eigenvalue weighted by molar-refractivity contribution is 0.494. The van der Waals surface area contributed by atoms with Gasteiger partial charge in [0.05, 0.1) is 0 Å². The third-order valence-electron chi connectivity index (χ3n) is 2.00. The van der Waals surface area contributed by atoms with Crippen LogP contribution in [0.4, 0.5) is 0 Å². The highest BCUT2D eigenvalue weighted by atomic mass is 28.4. The van der Waals surface area contributed by atoms with Crippen molar-refractivity contribution in [2.75, 3.05) is 0 Å². The van der Waals surface area contributed by atoms with E-state index in [1.165, 1.54) is 0 Å². The van der Waals surface area contributed by atoms with Crippen LogP contribution in [0.5, 0.6) is 5.75 Å². The Balaban J connectivity index is 3.08. The van der Waals surface area contributed by atoms with Gasteiger partial charge in [-0.05, 0) is 39.6 Å². The van der Waals surface area contributed by atoms with Crippen LogP contribution >= 0.6 is 0 Å². The van der Waals surface area contributed by atoms with Crippen molar-refractivity contribution in [2.45, 2.75) is 39.0 Å². The van der Waals surface area contributed by atoms with Gasteiger partial charge in [-0.3, -0.25) is 0 Å². The Morgan fingerprint density at radius 1 is 1.13 bits per heavy atom. The summed E-state index contributed by atoms with van der Waals surface area (Å²) in [5.74, 6) is 0.934. The Morgan fingerprint density at radius 2 is 1.67 bits per heavy atom. The first-order valence-electron chi connectivity index (χ1n) is 5.27. The molecule has 84 valence electrons. The first-order valence-corrected chi connectivity index (χ1v) is 8.68. The number of hydrogen-bond acceptors (Lipinski definition) is 2. The molecule has 0 saturated carbocycles. The molecule has 0 aliphatic rings. The molecule has 2 nitrogen and oxygen atoms in total. The lowest BCUT2D eigenvalue weighted by Gasteiger charge is -2.27. The topological polar surface area (TPSA) is 35.2 Å². The van der Waals surface area contributed by atoms with Crippen molar-refractivity contribution >= 4 is 8.32 Å². The number of benzene rings is 1. The van der Waals surface area contributed by atoms with E-state index in [4.69, 9.17) is 10.2 Å². The van der Waals surface area contributed by atoms with Crippen LogP contribution in [0.1, 0.15) is 19.4 Å². The third-order valence-corrected chi connectivity index (χ3v) is 2.83. The number of para-hydroxylation sites is 1. The lowest BCUT2D eigenvalue weighted by atomic mass is 9.95. The first-order chi connectivity index (χ1) is 6.70.